The number of nitrogens with zero attached hydrogens (tertiary/aromatic N) is 3. The van der Waals surface area contributed by atoms with Gasteiger partial charge in [0, 0.05) is 18.3 Å². The Morgan fingerprint density at radius 2 is 2.35 bits per heavy atom. The number of hydrogen-bond acceptors (Lipinski definition) is 4. The molecule has 1 aliphatic rings. The lowest BCUT2D eigenvalue weighted by molar-refractivity contribution is 0.348. The first-order valence-electron chi connectivity index (χ1n) is 6.41. The normalized spacial score (nSPS) is 25.7. The molecule has 0 radical (unpaired) electrons. The van der Waals surface area contributed by atoms with E-state index < -0.39 is 0 Å². The SMILES string of the molecule is CC1CCC(c2noc(C(C)CCC#N)n2)C1. The van der Waals surface area contributed by atoms with Crippen molar-refractivity contribution in [3.05, 3.63) is 11.7 Å². The lowest BCUT2D eigenvalue weighted by Gasteiger charge is -2.03. The summed E-state index contributed by atoms with van der Waals surface area (Å²) < 4.78 is 5.30. The second-order valence-electron chi connectivity index (χ2n) is 5.20. The first kappa shape index (κ1) is 12.1. The molecular weight excluding hydrogens is 214 g/mol. The molecule has 0 aliphatic heterocycles. The van der Waals surface area contributed by atoms with Gasteiger partial charge in [-0.05, 0) is 31.6 Å². The number of hydrogen-bond donors (Lipinski definition) is 0. The minimum absolute atomic E-state index is 0.190. The molecule has 0 N–H and O–H groups in total. The Kier molecular flexibility index (Phi) is 3.78. The van der Waals surface area contributed by atoms with Crippen LogP contribution in [0.5, 0.6) is 0 Å². The molecule has 1 aromatic heterocycles. The molecule has 1 aromatic rings. The lowest BCUT2D eigenvalue weighted by Crippen LogP contribution is -1.98. The predicted molar refractivity (Wildman–Crippen MR) is 63.3 cm³/mol. The molecule has 2 rings (SSSR count). The average Bonchev–Trinajstić information content (AvgIpc) is 2.93. The monoisotopic (exact) mass is 233 g/mol. The van der Waals surface area contributed by atoms with Crippen molar-refractivity contribution in [1.82, 2.24) is 10.1 Å². The van der Waals surface area contributed by atoms with Crippen molar-refractivity contribution in [1.29, 1.82) is 5.26 Å². The predicted octanol–water partition coefficient (Wildman–Crippen LogP) is 3.38. The summed E-state index contributed by atoms with van der Waals surface area (Å²) in [5.41, 5.74) is 0. The Morgan fingerprint density at radius 1 is 1.53 bits per heavy atom. The van der Waals surface area contributed by atoms with E-state index in [0.717, 1.165) is 18.2 Å². The third-order valence-corrected chi connectivity index (χ3v) is 3.63. The minimum Gasteiger partial charge on any atom is -0.339 e. The zero-order valence-electron chi connectivity index (χ0n) is 10.5. The van der Waals surface area contributed by atoms with E-state index in [0.29, 0.717) is 18.2 Å². The van der Waals surface area contributed by atoms with Gasteiger partial charge in [0.25, 0.3) is 0 Å². The Balaban J connectivity index is 1.98. The van der Waals surface area contributed by atoms with Gasteiger partial charge >= 0.3 is 0 Å². The zero-order chi connectivity index (χ0) is 12.3. The first-order valence-corrected chi connectivity index (χ1v) is 6.41. The molecule has 0 bridgehead atoms. The average molecular weight is 233 g/mol. The summed E-state index contributed by atoms with van der Waals surface area (Å²) >= 11 is 0. The van der Waals surface area contributed by atoms with Crippen LogP contribution in [0.1, 0.15) is 69.5 Å². The van der Waals surface area contributed by atoms with Gasteiger partial charge < -0.3 is 4.52 Å². The summed E-state index contributed by atoms with van der Waals surface area (Å²) in [4.78, 5) is 4.49. The van der Waals surface area contributed by atoms with E-state index in [1.807, 2.05) is 6.92 Å². The van der Waals surface area contributed by atoms with E-state index in [1.54, 1.807) is 0 Å². The summed E-state index contributed by atoms with van der Waals surface area (Å²) in [6, 6.07) is 2.15. The molecule has 0 saturated heterocycles. The van der Waals surface area contributed by atoms with Gasteiger partial charge in [-0.25, -0.2) is 0 Å². The summed E-state index contributed by atoms with van der Waals surface area (Å²) in [5.74, 6) is 3.00. The smallest absolute Gasteiger partial charge is 0.229 e. The molecular formula is C13H19N3O. The highest BCUT2D eigenvalue weighted by Gasteiger charge is 2.27. The van der Waals surface area contributed by atoms with Gasteiger partial charge in [-0.3, -0.25) is 0 Å². The van der Waals surface area contributed by atoms with Crippen LogP contribution in [0, 0.1) is 17.2 Å². The van der Waals surface area contributed by atoms with E-state index in [-0.39, 0.29) is 5.92 Å². The molecule has 4 heteroatoms. The van der Waals surface area contributed by atoms with E-state index in [4.69, 9.17) is 9.78 Å². The van der Waals surface area contributed by atoms with E-state index >= 15 is 0 Å². The molecule has 1 saturated carbocycles. The van der Waals surface area contributed by atoms with Crippen LogP contribution in [-0.4, -0.2) is 10.1 Å². The van der Waals surface area contributed by atoms with Crippen LogP contribution < -0.4 is 0 Å². The van der Waals surface area contributed by atoms with Crippen molar-refractivity contribution >= 4 is 0 Å². The van der Waals surface area contributed by atoms with Crippen molar-refractivity contribution in [2.24, 2.45) is 5.92 Å². The van der Waals surface area contributed by atoms with Gasteiger partial charge in [0.15, 0.2) is 5.82 Å². The second kappa shape index (κ2) is 5.31. The van der Waals surface area contributed by atoms with Crippen LogP contribution in [0.15, 0.2) is 4.52 Å². The third kappa shape index (κ3) is 2.85. The molecule has 0 aromatic carbocycles. The van der Waals surface area contributed by atoms with Gasteiger partial charge in [0.2, 0.25) is 5.89 Å². The van der Waals surface area contributed by atoms with Crippen LogP contribution in [0.2, 0.25) is 0 Å². The van der Waals surface area contributed by atoms with Crippen molar-refractivity contribution in [3.8, 4) is 6.07 Å². The second-order valence-corrected chi connectivity index (χ2v) is 5.20. The van der Waals surface area contributed by atoms with Crippen LogP contribution in [0.4, 0.5) is 0 Å². The largest absolute Gasteiger partial charge is 0.339 e. The van der Waals surface area contributed by atoms with Crippen LogP contribution >= 0.6 is 0 Å². The fourth-order valence-electron chi connectivity index (χ4n) is 2.46. The maximum absolute atomic E-state index is 8.55. The quantitative estimate of drug-likeness (QED) is 0.799. The van der Waals surface area contributed by atoms with Crippen molar-refractivity contribution in [3.63, 3.8) is 0 Å². The van der Waals surface area contributed by atoms with Crippen LogP contribution in [0.25, 0.3) is 0 Å². The summed E-state index contributed by atoms with van der Waals surface area (Å²) in [7, 11) is 0. The maximum Gasteiger partial charge on any atom is 0.229 e. The molecule has 17 heavy (non-hydrogen) atoms. The topological polar surface area (TPSA) is 62.7 Å². The Hall–Kier alpha value is -1.37. The van der Waals surface area contributed by atoms with Gasteiger partial charge in [-0.1, -0.05) is 19.0 Å². The highest BCUT2D eigenvalue weighted by molar-refractivity contribution is 5.01. The molecule has 4 nitrogen and oxygen atoms in total. The zero-order valence-corrected chi connectivity index (χ0v) is 10.5. The van der Waals surface area contributed by atoms with Crippen molar-refractivity contribution in [2.45, 2.75) is 57.8 Å². The van der Waals surface area contributed by atoms with Gasteiger partial charge in [-0.2, -0.15) is 10.2 Å². The summed E-state index contributed by atoms with van der Waals surface area (Å²) in [5, 5.41) is 12.6. The molecule has 0 amide bonds. The summed E-state index contributed by atoms with van der Waals surface area (Å²) in [6.45, 7) is 4.31. The highest BCUT2D eigenvalue weighted by atomic mass is 16.5. The van der Waals surface area contributed by atoms with E-state index in [9.17, 15) is 0 Å². The molecule has 0 spiro atoms. The first-order chi connectivity index (χ1) is 8.20. The summed E-state index contributed by atoms with van der Waals surface area (Å²) in [6.07, 6.45) is 4.94. The Bertz CT molecular complexity index is 407. The third-order valence-electron chi connectivity index (χ3n) is 3.63. The Morgan fingerprint density at radius 3 is 3.00 bits per heavy atom. The highest BCUT2D eigenvalue weighted by Crippen LogP contribution is 2.36. The fraction of sp³-hybridized carbons (Fsp3) is 0.769. The fourth-order valence-corrected chi connectivity index (χ4v) is 2.46. The Labute approximate surface area is 102 Å². The van der Waals surface area contributed by atoms with Crippen LogP contribution in [0.3, 0.4) is 0 Å². The molecule has 3 atom stereocenters. The minimum atomic E-state index is 0.190. The molecule has 92 valence electrons. The number of aromatic nitrogens is 2. The van der Waals surface area contributed by atoms with Crippen molar-refractivity contribution < 1.29 is 4.52 Å². The van der Waals surface area contributed by atoms with E-state index in [2.05, 4.69) is 23.1 Å². The van der Waals surface area contributed by atoms with Crippen LogP contribution in [-0.2, 0) is 0 Å². The van der Waals surface area contributed by atoms with Gasteiger partial charge in [-0.15, -0.1) is 0 Å². The van der Waals surface area contributed by atoms with Crippen molar-refractivity contribution in [2.75, 3.05) is 0 Å². The molecule has 3 unspecified atom stereocenters. The molecule has 1 aliphatic carbocycles. The standard InChI is InChI=1S/C13H19N3O/c1-9-5-6-11(8-9)12-15-13(17-16-12)10(2)4-3-7-14/h9-11H,3-6,8H2,1-2H3. The molecule has 1 heterocycles. The van der Waals surface area contributed by atoms with Gasteiger partial charge in [0.1, 0.15) is 0 Å². The number of rotatable bonds is 4. The maximum atomic E-state index is 8.55. The molecule has 1 fully saturated rings. The van der Waals surface area contributed by atoms with Gasteiger partial charge in [0.05, 0.1) is 6.07 Å². The van der Waals surface area contributed by atoms with E-state index in [1.165, 1.54) is 19.3 Å². The number of nitriles is 1. The lowest BCUT2D eigenvalue weighted by atomic mass is 10.0.